The molecular weight excluding hydrogens is 487 g/mol. The topological polar surface area (TPSA) is 98.8 Å². The lowest BCUT2D eigenvalue weighted by atomic mass is 10.0. The SMILES string of the molecule is Cc1cc(CC(C)N(CC(O)COc2ccccc2)CC(O)c2cc(Cl)c(N)c(Cl)c2)ccc1[O]. The van der Waals surface area contributed by atoms with Gasteiger partial charge in [-0.15, -0.1) is 0 Å². The molecule has 8 heteroatoms. The first-order chi connectivity index (χ1) is 16.6. The summed E-state index contributed by atoms with van der Waals surface area (Å²) in [6.07, 6.45) is -1.08. The maximum absolute atomic E-state index is 11.8. The van der Waals surface area contributed by atoms with E-state index in [0.29, 0.717) is 23.3 Å². The Balaban J connectivity index is 1.74. The molecule has 3 rings (SSSR count). The van der Waals surface area contributed by atoms with Crippen molar-refractivity contribution in [2.75, 3.05) is 25.4 Å². The molecule has 0 saturated carbocycles. The van der Waals surface area contributed by atoms with Crippen LogP contribution in [0.3, 0.4) is 0 Å². The van der Waals surface area contributed by atoms with Crippen LogP contribution in [-0.2, 0) is 11.5 Å². The lowest BCUT2D eigenvalue weighted by Crippen LogP contribution is -2.44. The standard InChI is InChI=1S/C27H31Cl2N2O4/c1-17-10-19(8-9-25(17)33)11-18(2)31(14-21(32)16-35-22-6-4-3-5-7-22)15-26(34)20-12-23(28)27(30)24(29)13-20/h3-10,12-13,18,21,26,32,34H,11,14-16,30H2,1-2H3. The fourth-order valence-corrected chi connectivity index (χ4v) is 4.40. The van der Waals surface area contributed by atoms with Crippen LogP contribution in [0, 0.1) is 6.92 Å². The van der Waals surface area contributed by atoms with Crippen LogP contribution in [0.1, 0.15) is 29.7 Å². The lowest BCUT2D eigenvalue weighted by molar-refractivity contribution is 0.0291. The van der Waals surface area contributed by atoms with Crippen LogP contribution in [0.15, 0.2) is 60.7 Å². The molecule has 0 aliphatic heterocycles. The highest BCUT2D eigenvalue weighted by Gasteiger charge is 2.23. The minimum atomic E-state index is -0.916. The number of aryl methyl sites for hydroxylation is 1. The van der Waals surface area contributed by atoms with E-state index in [1.807, 2.05) is 54.3 Å². The highest BCUT2D eigenvalue weighted by molar-refractivity contribution is 6.38. The highest BCUT2D eigenvalue weighted by atomic mass is 35.5. The van der Waals surface area contributed by atoms with Gasteiger partial charge in [0.05, 0.1) is 21.8 Å². The molecule has 0 aliphatic carbocycles. The summed E-state index contributed by atoms with van der Waals surface area (Å²) in [5, 5.41) is 34.1. The van der Waals surface area contributed by atoms with E-state index in [-0.39, 0.29) is 47.2 Å². The molecule has 35 heavy (non-hydrogen) atoms. The van der Waals surface area contributed by atoms with E-state index in [9.17, 15) is 15.3 Å². The van der Waals surface area contributed by atoms with E-state index in [2.05, 4.69) is 0 Å². The van der Waals surface area contributed by atoms with Gasteiger partial charge in [0, 0.05) is 19.1 Å². The number of rotatable bonds is 11. The smallest absolute Gasteiger partial charge is 0.181 e. The molecule has 3 aromatic rings. The van der Waals surface area contributed by atoms with E-state index in [0.717, 1.165) is 5.56 Å². The van der Waals surface area contributed by atoms with Gasteiger partial charge in [-0.1, -0.05) is 53.5 Å². The minimum absolute atomic E-state index is 0.000674. The molecule has 0 spiro atoms. The molecule has 3 unspecified atom stereocenters. The van der Waals surface area contributed by atoms with E-state index in [1.54, 1.807) is 25.1 Å². The molecule has 0 fully saturated rings. The number of ether oxygens (including phenoxy) is 1. The Morgan fingerprint density at radius 1 is 1.00 bits per heavy atom. The molecule has 6 nitrogen and oxygen atoms in total. The van der Waals surface area contributed by atoms with E-state index >= 15 is 0 Å². The predicted molar refractivity (Wildman–Crippen MR) is 140 cm³/mol. The average molecular weight is 518 g/mol. The summed E-state index contributed by atoms with van der Waals surface area (Å²) < 4.78 is 5.71. The van der Waals surface area contributed by atoms with Gasteiger partial charge < -0.3 is 20.7 Å². The van der Waals surface area contributed by atoms with E-state index in [4.69, 9.17) is 33.7 Å². The van der Waals surface area contributed by atoms with Gasteiger partial charge in [0.2, 0.25) is 0 Å². The molecular formula is C27H31Cl2N2O4. The van der Waals surface area contributed by atoms with Crippen molar-refractivity contribution in [3.8, 4) is 11.5 Å². The fourth-order valence-electron chi connectivity index (χ4n) is 3.90. The quantitative estimate of drug-likeness (QED) is 0.294. The Hall–Kier alpha value is -2.48. The number of nitrogens with two attached hydrogens (primary N) is 1. The Bertz CT molecular complexity index is 1090. The molecule has 187 valence electrons. The molecule has 3 atom stereocenters. The number of para-hydroxylation sites is 1. The summed E-state index contributed by atoms with van der Waals surface area (Å²) in [5.74, 6) is 0.671. The van der Waals surface area contributed by atoms with Crippen LogP contribution >= 0.6 is 23.2 Å². The largest absolute Gasteiger partial charge is 0.491 e. The van der Waals surface area contributed by atoms with Crippen LogP contribution in [0.5, 0.6) is 11.5 Å². The zero-order chi connectivity index (χ0) is 25.5. The number of hydrogen-bond acceptors (Lipinski definition) is 5. The van der Waals surface area contributed by atoms with Crippen LogP contribution in [0.2, 0.25) is 10.0 Å². The number of nitrogens with zero attached hydrogens (tertiary/aromatic N) is 1. The Morgan fingerprint density at radius 2 is 1.66 bits per heavy atom. The number of aliphatic hydroxyl groups excluding tert-OH is 2. The fraction of sp³-hybridized carbons (Fsp3) is 0.333. The second-order valence-electron chi connectivity index (χ2n) is 8.80. The van der Waals surface area contributed by atoms with Crippen molar-refractivity contribution in [1.82, 2.24) is 4.90 Å². The minimum Gasteiger partial charge on any atom is -0.491 e. The van der Waals surface area contributed by atoms with Crippen molar-refractivity contribution in [1.29, 1.82) is 0 Å². The van der Waals surface area contributed by atoms with Gasteiger partial charge >= 0.3 is 0 Å². The summed E-state index contributed by atoms with van der Waals surface area (Å²) in [6.45, 7) is 4.39. The van der Waals surface area contributed by atoms with Crippen LogP contribution in [0.4, 0.5) is 5.69 Å². The van der Waals surface area contributed by atoms with Crippen molar-refractivity contribution in [3.63, 3.8) is 0 Å². The Kier molecular flexibility index (Phi) is 9.66. The van der Waals surface area contributed by atoms with Gasteiger partial charge in [0.25, 0.3) is 0 Å². The lowest BCUT2D eigenvalue weighted by Gasteiger charge is -2.33. The number of nitrogen functional groups attached to an aromatic ring is 1. The molecule has 0 aromatic heterocycles. The summed E-state index contributed by atoms with van der Waals surface area (Å²) >= 11 is 12.3. The van der Waals surface area contributed by atoms with Crippen molar-refractivity contribution >= 4 is 28.9 Å². The number of anilines is 1. The van der Waals surface area contributed by atoms with Gasteiger partial charge in [0.1, 0.15) is 18.5 Å². The third kappa shape index (κ3) is 7.75. The third-order valence-corrected chi connectivity index (χ3v) is 6.54. The van der Waals surface area contributed by atoms with E-state index in [1.165, 1.54) is 0 Å². The van der Waals surface area contributed by atoms with Crippen LogP contribution in [-0.4, -0.2) is 47.0 Å². The summed E-state index contributed by atoms with van der Waals surface area (Å²) in [5.41, 5.74) is 8.32. The average Bonchev–Trinajstić information content (AvgIpc) is 2.83. The van der Waals surface area contributed by atoms with Crippen molar-refractivity contribution in [2.45, 2.75) is 38.5 Å². The second kappa shape index (κ2) is 12.5. The van der Waals surface area contributed by atoms with Crippen molar-refractivity contribution in [2.24, 2.45) is 0 Å². The van der Waals surface area contributed by atoms with Crippen LogP contribution in [0.25, 0.3) is 0 Å². The van der Waals surface area contributed by atoms with Gasteiger partial charge in [-0.2, -0.15) is 0 Å². The Labute approximate surface area is 216 Å². The molecule has 0 bridgehead atoms. The maximum Gasteiger partial charge on any atom is 0.181 e. The second-order valence-corrected chi connectivity index (χ2v) is 9.61. The van der Waals surface area contributed by atoms with Gasteiger partial charge in [-0.05, 0) is 67.3 Å². The number of benzene rings is 3. The molecule has 3 aromatic carbocycles. The molecule has 0 saturated heterocycles. The van der Waals surface area contributed by atoms with Gasteiger partial charge in [-0.3, -0.25) is 10.0 Å². The molecule has 0 amide bonds. The highest BCUT2D eigenvalue weighted by Crippen LogP contribution is 2.32. The maximum atomic E-state index is 11.8. The molecule has 1 radical (unpaired) electrons. The van der Waals surface area contributed by atoms with Gasteiger partial charge in [0.15, 0.2) is 5.75 Å². The van der Waals surface area contributed by atoms with Crippen LogP contribution < -0.4 is 10.5 Å². The van der Waals surface area contributed by atoms with Gasteiger partial charge in [-0.25, -0.2) is 0 Å². The van der Waals surface area contributed by atoms with E-state index < -0.39 is 12.2 Å². The van der Waals surface area contributed by atoms with Crippen molar-refractivity contribution < 1.29 is 20.1 Å². The summed E-state index contributed by atoms with van der Waals surface area (Å²) in [4.78, 5) is 1.99. The first kappa shape index (κ1) is 27.1. The first-order valence-electron chi connectivity index (χ1n) is 11.4. The summed E-state index contributed by atoms with van der Waals surface area (Å²) in [6, 6.07) is 17.7. The molecule has 0 aliphatic rings. The number of aliphatic hydroxyl groups is 2. The summed E-state index contributed by atoms with van der Waals surface area (Å²) in [7, 11) is 0. The number of halogens is 2. The monoisotopic (exact) mass is 517 g/mol. The number of hydrogen-bond donors (Lipinski definition) is 3. The zero-order valence-electron chi connectivity index (χ0n) is 19.8. The normalized spacial score (nSPS) is 14.0. The van der Waals surface area contributed by atoms with Crippen molar-refractivity contribution in [3.05, 3.63) is 87.4 Å². The zero-order valence-corrected chi connectivity index (χ0v) is 21.3. The predicted octanol–water partition coefficient (Wildman–Crippen LogP) is 5.43. The third-order valence-electron chi connectivity index (χ3n) is 5.92. The molecule has 4 N–H and O–H groups in total. The Morgan fingerprint density at radius 3 is 2.29 bits per heavy atom. The first-order valence-corrected chi connectivity index (χ1v) is 12.2. The molecule has 0 heterocycles.